The molecule has 1 N–H and O–H groups in total. The molecule has 78 valence electrons. The van der Waals surface area contributed by atoms with E-state index in [0.29, 0.717) is 6.04 Å². The highest BCUT2D eigenvalue weighted by atomic mass is 79.9. The summed E-state index contributed by atoms with van der Waals surface area (Å²) in [7, 11) is 0. The topological polar surface area (TPSA) is 24.9 Å². The third-order valence-corrected chi connectivity index (χ3v) is 2.58. The van der Waals surface area contributed by atoms with E-state index in [1.807, 2.05) is 18.2 Å². The molecule has 0 saturated carbocycles. The van der Waals surface area contributed by atoms with Gasteiger partial charge in [-0.25, -0.2) is 4.98 Å². The van der Waals surface area contributed by atoms with Crippen LogP contribution in [0.5, 0.6) is 0 Å². The lowest BCUT2D eigenvalue weighted by Crippen LogP contribution is -2.10. The van der Waals surface area contributed by atoms with Crippen LogP contribution in [0, 0.1) is 0 Å². The number of pyridine rings is 1. The first kappa shape index (κ1) is 10.4. The second-order valence-electron chi connectivity index (χ2n) is 3.83. The van der Waals surface area contributed by atoms with Gasteiger partial charge in [-0.3, -0.25) is 0 Å². The SMILES string of the molecule is CC(C)Nc1ccc2cc(Br)ccc2n1. The van der Waals surface area contributed by atoms with Gasteiger partial charge < -0.3 is 5.32 Å². The van der Waals surface area contributed by atoms with Crippen LogP contribution >= 0.6 is 15.9 Å². The molecule has 0 aliphatic rings. The Hall–Kier alpha value is -1.09. The fraction of sp³-hybridized carbons (Fsp3) is 0.250. The van der Waals surface area contributed by atoms with Gasteiger partial charge in [0.15, 0.2) is 0 Å². The molecule has 0 fully saturated rings. The molecule has 0 unspecified atom stereocenters. The van der Waals surface area contributed by atoms with E-state index in [1.54, 1.807) is 0 Å². The van der Waals surface area contributed by atoms with Crippen LogP contribution in [0.4, 0.5) is 5.82 Å². The van der Waals surface area contributed by atoms with Gasteiger partial charge in [0.1, 0.15) is 5.82 Å². The van der Waals surface area contributed by atoms with E-state index in [1.165, 1.54) is 0 Å². The number of anilines is 1. The zero-order chi connectivity index (χ0) is 10.8. The molecule has 0 aliphatic carbocycles. The number of hydrogen-bond donors (Lipinski definition) is 1. The second kappa shape index (κ2) is 4.19. The number of fused-ring (bicyclic) bond motifs is 1. The summed E-state index contributed by atoms with van der Waals surface area (Å²) in [5, 5.41) is 4.44. The van der Waals surface area contributed by atoms with Crippen molar-refractivity contribution in [1.29, 1.82) is 0 Å². The molecular weight excluding hydrogens is 252 g/mol. The molecule has 0 aliphatic heterocycles. The van der Waals surface area contributed by atoms with E-state index in [0.717, 1.165) is 21.2 Å². The van der Waals surface area contributed by atoms with E-state index in [9.17, 15) is 0 Å². The van der Waals surface area contributed by atoms with Gasteiger partial charge in [-0.1, -0.05) is 15.9 Å². The number of hydrogen-bond acceptors (Lipinski definition) is 2. The molecule has 0 saturated heterocycles. The highest BCUT2D eigenvalue weighted by Gasteiger charge is 1.99. The maximum absolute atomic E-state index is 4.52. The highest BCUT2D eigenvalue weighted by Crippen LogP contribution is 2.20. The summed E-state index contributed by atoms with van der Waals surface area (Å²) < 4.78 is 1.08. The number of aromatic nitrogens is 1. The van der Waals surface area contributed by atoms with Crippen molar-refractivity contribution in [3.63, 3.8) is 0 Å². The van der Waals surface area contributed by atoms with Gasteiger partial charge in [-0.05, 0) is 44.2 Å². The predicted molar refractivity (Wildman–Crippen MR) is 68.2 cm³/mol. The van der Waals surface area contributed by atoms with Crippen molar-refractivity contribution in [3.8, 4) is 0 Å². The molecule has 15 heavy (non-hydrogen) atoms. The van der Waals surface area contributed by atoms with E-state index >= 15 is 0 Å². The Kier molecular flexibility index (Phi) is 2.91. The molecule has 3 heteroatoms. The third-order valence-electron chi connectivity index (χ3n) is 2.09. The fourth-order valence-electron chi connectivity index (χ4n) is 1.47. The average molecular weight is 265 g/mol. The van der Waals surface area contributed by atoms with Crippen molar-refractivity contribution in [1.82, 2.24) is 4.98 Å². The molecule has 0 atom stereocenters. The molecule has 1 aromatic carbocycles. The Bertz CT molecular complexity index is 480. The zero-order valence-electron chi connectivity index (χ0n) is 8.79. The van der Waals surface area contributed by atoms with Crippen LogP contribution in [-0.2, 0) is 0 Å². The van der Waals surface area contributed by atoms with Gasteiger partial charge in [0.05, 0.1) is 5.52 Å². The van der Waals surface area contributed by atoms with Gasteiger partial charge >= 0.3 is 0 Å². The summed E-state index contributed by atoms with van der Waals surface area (Å²) in [6, 6.07) is 10.6. The Labute approximate surface area is 97.8 Å². The quantitative estimate of drug-likeness (QED) is 0.892. The number of nitrogens with zero attached hydrogens (tertiary/aromatic N) is 1. The Morgan fingerprint density at radius 1 is 1.20 bits per heavy atom. The molecule has 0 amide bonds. The number of benzene rings is 1. The molecule has 2 nitrogen and oxygen atoms in total. The molecule has 2 rings (SSSR count). The van der Waals surface area contributed by atoms with Gasteiger partial charge in [-0.15, -0.1) is 0 Å². The standard InChI is InChI=1S/C12H13BrN2/c1-8(2)14-12-6-3-9-7-10(13)4-5-11(9)15-12/h3-8H,1-2H3,(H,14,15). The summed E-state index contributed by atoms with van der Waals surface area (Å²) in [6.07, 6.45) is 0. The molecular formula is C12H13BrN2. The molecule has 1 aromatic heterocycles. The number of rotatable bonds is 2. The van der Waals surface area contributed by atoms with Crippen LogP contribution in [0.2, 0.25) is 0 Å². The van der Waals surface area contributed by atoms with E-state index in [4.69, 9.17) is 0 Å². The average Bonchev–Trinajstić information content (AvgIpc) is 2.17. The predicted octanol–water partition coefficient (Wildman–Crippen LogP) is 3.82. The Morgan fingerprint density at radius 2 is 2.00 bits per heavy atom. The van der Waals surface area contributed by atoms with Gasteiger partial charge in [0, 0.05) is 15.9 Å². The molecule has 0 radical (unpaired) electrons. The van der Waals surface area contributed by atoms with E-state index < -0.39 is 0 Å². The second-order valence-corrected chi connectivity index (χ2v) is 4.75. The van der Waals surface area contributed by atoms with Crippen LogP contribution in [-0.4, -0.2) is 11.0 Å². The first-order valence-electron chi connectivity index (χ1n) is 4.98. The van der Waals surface area contributed by atoms with Gasteiger partial charge in [0.25, 0.3) is 0 Å². The first-order chi connectivity index (χ1) is 7.15. The Balaban J connectivity index is 2.43. The molecule has 2 aromatic rings. The maximum Gasteiger partial charge on any atom is 0.126 e. The minimum Gasteiger partial charge on any atom is -0.368 e. The first-order valence-corrected chi connectivity index (χ1v) is 5.77. The normalized spacial score (nSPS) is 10.9. The third kappa shape index (κ3) is 2.48. The monoisotopic (exact) mass is 264 g/mol. The number of halogens is 1. The van der Waals surface area contributed by atoms with E-state index in [-0.39, 0.29) is 0 Å². The summed E-state index contributed by atoms with van der Waals surface area (Å²) in [4.78, 5) is 4.52. The van der Waals surface area contributed by atoms with Gasteiger partial charge in [-0.2, -0.15) is 0 Å². The summed E-state index contributed by atoms with van der Waals surface area (Å²) in [5.41, 5.74) is 1.02. The summed E-state index contributed by atoms with van der Waals surface area (Å²) in [6.45, 7) is 4.21. The van der Waals surface area contributed by atoms with Crippen molar-refractivity contribution in [2.24, 2.45) is 0 Å². The molecule has 1 heterocycles. The van der Waals surface area contributed by atoms with E-state index in [2.05, 4.69) is 52.2 Å². The van der Waals surface area contributed by atoms with Crippen molar-refractivity contribution in [2.75, 3.05) is 5.32 Å². The lowest BCUT2D eigenvalue weighted by atomic mass is 10.2. The summed E-state index contributed by atoms with van der Waals surface area (Å²) in [5.74, 6) is 0.930. The highest BCUT2D eigenvalue weighted by molar-refractivity contribution is 9.10. The van der Waals surface area contributed by atoms with Crippen LogP contribution < -0.4 is 5.32 Å². The maximum atomic E-state index is 4.52. The van der Waals surface area contributed by atoms with Crippen LogP contribution in [0.3, 0.4) is 0 Å². The smallest absolute Gasteiger partial charge is 0.126 e. The lowest BCUT2D eigenvalue weighted by molar-refractivity contribution is 0.891. The van der Waals surface area contributed by atoms with Crippen LogP contribution in [0.1, 0.15) is 13.8 Å². The van der Waals surface area contributed by atoms with Crippen LogP contribution in [0.25, 0.3) is 10.9 Å². The number of nitrogens with one attached hydrogen (secondary N) is 1. The zero-order valence-corrected chi connectivity index (χ0v) is 10.4. The minimum atomic E-state index is 0.408. The molecule has 0 spiro atoms. The molecule has 0 bridgehead atoms. The van der Waals surface area contributed by atoms with Crippen molar-refractivity contribution in [3.05, 3.63) is 34.8 Å². The largest absolute Gasteiger partial charge is 0.368 e. The summed E-state index contributed by atoms with van der Waals surface area (Å²) >= 11 is 3.45. The van der Waals surface area contributed by atoms with Crippen molar-refractivity contribution >= 4 is 32.7 Å². The minimum absolute atomic E-state index is 0.408. The van der Waals surface area contributed by atoms with Crippen molar-refractivity contribution < 1.29 is 0 Å². The fourth-order valence-corrected chi connectivity index (χ4v) is 1.85. The lowest BCUT2D eigenvalue weighted by Gasteiger charge is -2.09. The van der Waals surface area contributed by atoms with Crippen LogP contribution in [0.15, 0.2) is 34.8 Å². The van der Waals surface area contributed by atoms with Gasteiger partial charge in [0.2, 0.25) is 0 Å². The van der Waals surface area contributed by atoms with Crippen molar-refractivity contribution in [2.45, 2.75) is 19.9 Å². The Morgan fingerprint density at radius 3 is 2.73 bits per heavy atom.